The van der Waals surface area contributed by atoms with Crippen LogP contribution < -0.4 is 5.69 Å². The van der Waals surface area contributed by atoms with Crippen molar-refractivity contribution in [1.29, 1.82) is 0 Å². The number of aromatic amines is 3. The molecule has 3 N–H and O–H groups in total. The van der Waals surface area contributed by atoms with Gasteiger partial charge in [-0.1, -0.05) is 24.3 Å². The van der Waals surface area contributed by atoms with Gasteiger partial charge in [0.1, 0.15) is 6.61 Å². The van der Waals surface area contributed by atoms with Crippen molar-refractivity contribution in [3.63, 3.8) is 0 Å². The number of H-pyrrole nitrogens is 3. The lowest BCUT2D eigenvalue weighted by atomic mass is 9.93. The van der Waals surface area contributed by atoms with Crippen molar-refractivity contribution in [2.45, 2.75) is 25.9 Å². The van der Waals surface area contributed by atoms with E-state index >= 15 is 0 Å². The SMILES string of the molecule is COCc1nc(-c2ccc(-c3nc4[nH]c(=O)[nH]c4nc3CC3CCOCC3)cc2)n[nH]1. The number of hydrogen-bond donors (Lipinski definition) is 3. The van der Waals surface area contributed by atoms with E-state index in [1.165, 1.54) is 0 Å². The first-order chi connectivity index (χ1) is 15.2. The maximum Gasteiger partial charge on any atom is 0.326 e. The first-order valence-corrected chi connectivity index (χ1v) is 10.3. The summed E-state index contributed by atoms with van der Waals surface area (Å²) in [5.74, 6) is 1.77. The van der Waals surface area contributed by atoms with E-state index in [-0.39, 0.29) is 5.69 Å². The summed E-state index contributed by atoms with van der Waals surface area (Å²) in [5, 5.41) is 7.12. The molecule has 3 aromatic heterocycles. The fraction of sp³-hybridized carbons (Fsp3) is 0.381. The second-order valence-corrected chi connectivity index (χ2v) is 7.67. The number of fused-ring (bicyclic) bond motifs is 1. The lowest BCUT2D eigenvalue weighted by Crippen LogP contribution is -2.18. The van der Waals surface area contributed by atoms with E-state index in [2.05, 4.69) is 25.1 Å². The second kappa shape index (κ2) is 8.40. The van der Waals surface area contributed by atoms with Crippen molar-refractivity contribution in [3.05, 3.63) is 46.3 Å². The van der Waals surface area contributed by atoms with Crippen molar-refractivity contribution in [2.75, 3.05) is 20.3 Å². The molecule has 4 heterocycles. The summed E-state index contributed by atoms with van der Waals surface area (Å²) in [6.45, 7) is 1.92. The normalized spacial score (nSPS) is 15.0. The van der Waals surface area contributed by atoms with Crippen molar-refractivity contribution < 1.29 is 9.47 Å². The molecule has 160 valence electrons. The molecule has 1 fully saturated rings. The third-order valence-electron chi connectivity index (χ3n) is 5.48. The molecule has 5 rings (SSSR count). The number of benzene rings is 1. The largest absolute Gasteiger partial charge is 0.381 e. The number of hydrogen-bond acceptors (Lipinski definition) is 7. The number of methoxy groups -OCH3 is 1. The van der Waals surface area contributed by atoms with Gasteiger partial charge in [-0.2, -0.15) is 5.10 Å². The van der Waals surface area contributed by atoms with E-state index in [1.807, 2.05) is 24.3 Å². The number of nitrogens with zero attached hydrogens (tertiary/aromatic N) is 4. The van der Waals surface area contributed by atoms with E-state index in [1.54, 1.807) is 7.11 Å². The Hall–Kier alpha value is -3.37. The zero-order valence-electron chi connectivity index (χ0n) is 17.1. The fourth-order valence-electron chi connectivity index (χ4n) is 3.89. The van der Waals surface area contributed by atoms with Crippen LogP contribution in [0.3, 0.4) is 0 Å². The van der Waals surface area contributed by atoms with Gasteiger partial charge in [0, 0.05) is 31.5 Å². The molecule has 1 aromatic carbocycles. The van der Waals surface area contributed by atoms with Gasteiger partial charge in [0.05, 0.1) is 11.4 Å². The molecule has 10 heteroatoms. The van der Waals surface area contributed by atoms with Gasteiger partial charge in [0.2, 0.25) is 0 Å². The molecule has 1 aliphatic rings. The lowest BCUT2D eigenvalue weighted by molar-refractivity contribution is 0.0663. The zero-order chi connectivity index (χ0) is 21.2. The Morgan fingerprint density at radius 3 is 2.48 bits per heavy atom. The number of ether oxygens (including phenoxy) is 2. The molecule has 0 unspecified atom stereocenters. The summed E-state index contributed by atoms with van der Waals surface area (Å²) in [4.78, 5) is 31.1. The molecule has 1 aliphatic heterocycles. The Morgan fingerprint density at radius 1 is 1.03 bits per heavy atom. The Morgan fingerprint density at radius 2 is 1.74 bits per heavy atom. The predicted molar refractivity (Wildman–Crippen MR) is 113 cm³/mol. The Labute approximate surface area is 177 Å². The summed E-state index contributed by atoms with van der Waals surface area (Å²) >= 11 is 0. The number of nitrogens with one attached hydrogen (secondary N) is 3. The topological polar surface area (TPSA) is 134 Å². The standard InChI is InChI=1S/C21H23N7O3/c1-30-11-16-23-18(28-27-16)14-4-2-13(3-5-14)17-15(10-12-6-8-31-9-7-12)22-19-20(24-17)26-21(29)25-19/h2-5,12H,6-11H2,1H3,(H,23,27,28)(H2,22,24,25,26,29). The highest BCUT2D eigenvalue weighted by molar-refractivity contribution is 5.73. The van der Waals surface area contributed by atoms with Gasteiger partial charge < -0.3 is 9.47 Å². The van der Waals surface area contributed by atoms with E-state index in [0.29, 0.717) is 35.5 Å². The van der Waals surface area contributed by atoms with Crippen LogP contribution in [-0.4, -0.2) is 55.4 Å². The smallest absolute Gasteiger partial charge is 0.326 e. The minimum absolute atomic E-state index is 0.309. The average molecular weight is 421 g/mol. The van der Waals surface area contributed by atoms with Crippen LogP contribution in [0.15, 0.2) is 29.1 Å². The van der Waals surface area contributed by atoms with E-state index in [0.717, 1.165) is 55.0 Å². The minimum Gasteiger partial charge on any atom is -0.381 e. The van der Waals surface area contributed by atoms with Crippen LogP contribution in [-0.2, 0) is 22.5 Å². The average Bonchev–Trinajstić information content (AvgIpc) is 3.40. The van der Waals surface area contributed by atoms with E-state index < -0.39 is 0 Å². The molecule has 0 aliphatic carbocycles. The summed E-state index contributed by atoms with van der Waals surface area (Å²) < 4.78 is 10.6. The second-order valence-electron chi connectivity index (χ2n) is 7.67. The molecule has 31 heavy (non-hydrogen) atoms. The number of imidazole rings is 1. The molecule has 0 radical (unpaired) electrons. The summed E-state index contributed by atoms with van der Waals surface area (Å²) in [6, 6.07) is 7.88. The number of rotatable bonds is 6. The zero-order valence-corrected chi connectivity index (χ0v) is 17.1. The van der Waals surface area contributed by atoms with Crippen molar-refractivity contribution in [2.24, 2.45) is 5.92 Å². The van der Waals surface area contributed by atoms with Crippen LogP contribution in [0.4, 0.5) is 0 Å². The quantitative estimate of drug-likeness (QED) is 0.434. The lowest BCUT2D eigenvalue weighted by Gasteiger charge is -2.22. The van der Waals surface area contributed by atoms with Crippen molar-refractivity contribution in [1.82, 2.24) is 35.1 Å². The van der Waals surface area contributed by atoms with Crippen LogP contribution in [0.1, 0.15) is 24.4 Å². The van der Waals surface area contributed by atoms with Crippen LogP contribution in [0.25, 0.3) is 33.9 Å². The van der Waals surface area contributed by atoms with Crippen molar-refractivity contribution in [3.8, 4) is 22.6 Å². The highest BCUT2D eigenvalue weighted by Gasteiger charge is 2.20. The Balaban J connectivity index is 1.49. The van der Waals surface area contributed by atoms with E-state index in [4.69, 9.17) is 19.4 Å². The third-order valence-corrected chi connectivity index (χ3v) is 5.48. The van der Waals surface area contributed by atoms with Crippen LogP contribution in [0.5, 0.6) is 0 Å². The Kier molecular flexibility index (Phi) is 5.31. The van der Waals surface area contributed by atoms with Gasteiger partial charge in [-0.05, 0) is 25.2 Å². The monoisotopic (exact) mass is 421 g/mol. The molecule has 4 aromatic rings. The molecule has 1 saturated heterocycles. The molecule has 10 nitrogen and oxygen atoms in total. The van der Waals surface area contributed by atoms with Crippen LogP contribution >= 0.6 is 0 Å². The Bertz CT molecular complexity index is 1240. The fourth-order valence-corrected chi connectivity index (χ4v) is 3.89. The first kappa shape index (κ1) is 19.6. The van der Waals surface area contributed by atoms with Gasteiger partial charge in [-0.15, -0.1) is 0 Å². The van der Waals surface area contributed by atoms with Crippen LogP contribution in [0, 0.1) is 5.92 Å². The molecule has 0 atom stereocenters. The predicted octanol–water partition coefficient (Wildman–Crippen LogP) is 2.21. The maximum atomic E-state index is 11.8. The highest BCUT2D eigenvalue weighted by Crippen LogP contribution is 2.28. The maximum absolute atomic E-state index is 11.8. The van der Waals surface area contributed by atoms with Gasteiger partial charge in [0.15, 0.2) is 22.9 Å². The molecule has 0 amide bonds. The summed E-state index contributed by atoms with van der Waals surface area (Å²) in [6.07, 6.45) is 2.78. The van der Waals surface area contributed by atoms with Crippen molar-refractivity contribution >= 4 is 11.3 Å². The minimum atomic E-state index is -0.309. The molecular weight excluding hydrogens is 398 g/mol. The summed E-state index contributed by atoms with van der Waals surface area (Å²) in [5.41, 5.74) is 4.10. The van der Waals surface area contributed by atoms with Gasteiger partial charge >= 0.3 is 5.69 Å². The van der Waals surface area contributed by atoms with Crippen LogP contribution in [0.2, 0.25) is 0 Å². The summed E-state index contributed by atoms with van der Waals surface area (Å²) in [7, 11) is 1.62. The van der Waals surface area contributed by atoms with Gasteiger partial charge in [-0.25, -0.2) is 19.7 Å². The number of aromatic nitrogens is 7. The van der Waals surface area contributed by atoms with Gasteiger partial charge in [0.25, 0.3) is 0 Å². The van der Waals surface area contributed by atoms with E-state index in [9.17, 15) is 4.79 Å². The molecule has 0 spiro atoms. The third kappa shape index (κ3) is 4.12. The van der Waals surface area contributed by atoms with Gasteiger partial charge in [-0.3, -0.25) is 15.1 Å². The first-order valence-electron chi connectivity index (χ1n) is 10.3. The highest BCUT2D eigenvalue weighted by atomic mass is 16.5. The molecular formula is C21H23N7O3. The molecule has 0 saturated carbocycles. The molecule has 0 bridgehead atoms.